The average molecular weight is 485 g/mol. The van der Waals surface area contributed by atoms with Crippen LogP contribution in [0.5, 0.6) is 0 Å². The number of fused-ring (bicyclic) bond motifs is 1. The first-order chi connectivity index (χ1) is 14.9. The van der Waals surface area contributed by atoms with Gasteiger partial charge in [0.25, 0.3) is 5.69 Å². The molecule has 11 nitrogen and oxygen atoms in total. The molecule has 0 fully saturated rings. The molecule has 0 spiro atoms. The van der Waals surface area contributed by atoms with Crippen LogP contribution in [0.3, 0.4) is 0 Å². The predicted molar refractivity (Wildman–Crippen MR) is 110 cm³/mol. The summed E-state index contributed by atoms with van der Waals surface area (Å²) in [6.45, 7) is 0. The summed E-state index contributed by atoms with van der Waals surface area (Å²) in [5.74, 6) is -1.33. The molecule has 0 bridgehead atoms. The maximum absolute atomic E-state index is 13.6. The largest absolute Gasteiger partial charge is 0.464 e. The van der Waals surface area contributed by atoms with E-state index in [0.717, 1.165) is 11.6 Å². The molecule has 0 saturated carbocycles. The minimum atomic E-state index is -1.14. The predicted octanol–water partition coefficient (Wildman–Crippen LogP) is 2.67. The Hall–Kier alpha value is -3.93. The molecule has 12 heteroatoms. The molecule has 1 aromatic heterocycles. The molecule has 156 valence electrons. The van der Waals surface area contributed by atoms with Gasteiger partial charge in [0.2, 0.25) is 5.95 Å². The van der Waals surface area contributed by atoms with Crippen molar-refractivity contribution in [3.63, 3.8) is 0 Å². The molecular weight excluding hydrogens is 472 g/mol. The molecule has 1 N–H and O–H groups in total. The molecule has 1 aliphatic heterocycles. The Morgan fingerprint density at radius 1 is 1.19 bits per heavy atom. The lowest BCUT2D eigenvalue weighted by Gasteiger charge is -2.27. The molecule has 2 aromatic carbocycles. The van der Waals surface area contributed by atoms with Crippen LogP contribution in [0, 0.1) is 10.1 Å². The van der Waals surface area contributed by atoms with E-state index < -0.39 is 22.7 Å². The Labute approximate surface area is 183 Å². The van der Waals surface area contributed by atoms with E-state index in [9.17, 15) is 19.7 Å². The summed E-state index contributed by atoms with van der Waals surface area (Å²) in [5, 5.41) is 25.7. The van der Waals surface area contributed by atoms with Crippen LogP contribution >= 0.6 is 15.9 Å². The molecule has 0 radical (unpaired) electrons. The number of Topliss-reactive ketones (excluding diaryl/α,β-unsaturated/α-hetero) is 1. The topological polar surface area (TPSA) is 142 Å². The molecule has 0 saturated heterocycles. The van der Waals surface area contributed by atoms with Gasteiger partial charge in [0.1, 0.15) is 11.7 Å². The number of aromatic nitrogens is 4. The van der Waals surface area contributed by atoms with Gasteiger partial charge in [-0.2, -0.15) is 4.68 Å². The minimum Gasteiger partial charge on any atom is -0.464 e. The van der Waals surface area contributed by atoms with Gasteiger partial charge in [-0.05, 0) is 40.8 Å². The van der Waals surface area contributed by atoms with E-state index >= 15 is 0 Å². The number of ketones is 1. The van der Waals surface area contributed by atoms with Crippen LogP contribution in [-0.2, 0) is 9.53 Å². The number of hydrogen-bond acceptors (Lipinski definition) is 9. The number of allylic oxidation sites excluding steroid dienone is 1. The number of carbonyl (C=O) groups is 2. The first-order valence-corrected chi connectivity index (χ1v) is 9.62. The number of rotatable bonds is 5. The molecule has 0 aliphatic carbocycles. The summed E-state index contributed by atoms with van der Waals surface area (Å²) in [5.41, 5.74) is -0.115. The van der Waals surface area contributed by atoms with Crippen LogP contribution in [0.15, 0.2) is 64.3 Å². The van der Waals surface area contributed by atoms with Crippen LogP contribution in [0.2, 0.25) is 0 Å². The maximum Gasteiger partial charge on any atom is 0.355 e. The molecule has 0 unspecified atom stereocenters. The number of nitro benzene ring substituents is 1. The zero-order valence-corrected chi connectivity index (χ0v) is 17.4. The van der Waals surface area contributed by atoms with Crippen LogP contribution < -0.4 is 5.32 Å². The summed E-state index contributed by atoms with van der Waals surface area (Å²) in [6, 6.07) is 11.2. The highest BCUT2D eigenvalue weighted by atomic mass is 79.9. The van der Waals surface area contributed by atoms with Gasteiger partial charge in [-0.3, -0.25) is 14.9 Å². The van der Waals surface area contributed by atoms with Gasteiger partial charge in [-0.15, -0.1) is 0 Å². The van der Waals surface area contributed by atoms with Gasteiger partial charge in [0, 0.05) is 16.1 Å². The SMILES string of the molecule is COC(=O)C1=C(C(=O)c2ccc(Br)cc2)[C@@H](c2ccccc2[N+](=O)[O-])n2nnnc2N1. The highest BCUT2D eigenvalue weighted by Gasteiger charge is 2.41. The number of ether oxygens (including phenoxy) is 1. The lowest BCUT2D eigenvalue weighted by atomic mass is 9.88. The van der Waals surface area contributed by atoms with Crippen LogP contribution in [0.4, 0.5) is 11.6 Å². The quantitative estimate of drug-likeness (QED) is 0.250. The highest BCUT2D eigenvalue weighted by Crippen LogP contribution is 2.40. The molecule has 4 rings (SSSR count). The van der Waals surface area contributed by atoms with E-state index in [1.165, 1.54) is 22.9 Å². The second-order valence-corrected chi connectivity index (χ2v) is 7.32. The molecular formula is C19H13BrN6O5. The third-order valence-electron chi connectivity index (χ3n) is 4.69. The molecule has 3 aromatic rings. The van der Waals surface area contributed by atoms with E-state index in [1.54, 1.807) is 30.3 Å². The minimum absolute atomic E-state index is 0.0379. The van der Waals surface area contributed by atoms with Gasteiger partial charge in [0.05, 0.1) is 23.2 Å². The number of anilines is 1. The normalized spacial score (nSPS) is 15.1. The fraction of sp³-hybridized carbons (Fsp3) is 0.105. The second-order valence-electron chi connectivity index (χ2n) is 6.41. The van der Waals surface area contributed by atoms with Gasteiger partial charge >= 0.3 is 5.97 Å². The van der Waals surface area contributed by atoms with Crippen molar-refractivity contribution in [1.82, 2.24) is 20.2 Å². The fourth-order valence-electron chi connectivity index (χ4n) is 3.32. The lowest BCUT2D eigenvalue weighted by molar-refractivity contribution is -0.385. The van der Waals surface area contributed by atoms with E-state index in [4.69, 9.17) is 4.74 Å². The molecule has 2 heterocycles. The van der Waals surface area contributed by atoms with E-state index in [1.807, 2.05) is 0 Å². The number of nitrogens with zero attached hydrogens (tertiary/aromatic N) is 5. The van der Waals surface area contributed by atoms with Crippen molar-refractivity contribution in [2.75, 3.05) is 12.4 Å². The van der Waals surface area contributed by atoms with Crippen molar-refractivity contribution in [3.05, 3.63) is 85.5 Å². The Morgan fingerprint density at radius 3 is 2.58 bits per heavy atom. The van der Waals surface area contributed by atoms with Gasteiger partial charge in [-0.25, -0.2) is 4.79 Å². The van der Waals surface area contributed by atoms with Crippen molar-refractivity contribution in [3.8, 4) is 0 Å². The number of methoxy groups -OCH3 is 1. The molecule has 1 aliphatic rings. The Morgan fingerprint density at radius 2 is 1.90 bits per heavy atom. The van der Waals surface area contributed by atoms with Crippen molar-refractivity contribution in [2.24, 2.45) is 0 Å². The zero-order chi connectivity index (χ0) is 22.1. The van der Waals surface area contributed by atoms with Crippen LogP contribution in [0.1, 0.15) is 22.0 Å². The van der Waals surface area contributed by atoms with Crippen molar-refractivity contribution in [1.29, 1.82) is 0 Å². The third kappa shape index (κ3) is 3.57. The lowest BCUT2D eigenvalue weighted by Crippen LogP contribution is -2.33. The zero-order valence-electron chi connectivity index (χ0n) is 15.9. The first-order valence-electron chi connectivity index (χ1n) is 8.83. The number of carbonyl (C=O) groups excluding carboxylic acids is 2. The molecule has 31 heavy (non-hydrogen) atoms. The summed E-state index contributed by atoms with van der Waals surface area (Å²) in [6.07, 6.45) is 0. The van der Waals surface area contributed by atoms with E-state index in [0.29, 0.717) is 0 Å². The van der Waals surface area contributed by atoms with Crippen molar-refractivity contribution < 1.29 is 19.2 Å². The maximum atomic E-state index is 13.6. The first kappa shape index (κ1) is 20.3. The third-order valence-corrected chi connectivity index (χ3v) is 5.21. The number of para-hydroxylation sites is 1. The Bertz CT molecular complexity index is 1240. The Kier molecular flexibility index (Phi) is 5.29. The van der Waals surface area contributed by atoms with Gasteiger partial charge in [-0.1, -0.05) is 33.2 Å². The smallest absolute Gasteiger partial charge is 0.355 e. The van der Waals surface area contributed by atoms with Crippen molar-refractivity contribution in [2.45, 2.75) is 6.04 Å². The number of nitro groups is 1. The van der Waals surface area contributed by atoms with Gasteiger partial charge in [0.15, 0.2) is 5.78 Å². The molecule has 1 atom stereocenters. The van der Waals surface area contributed by atoms with Crippen molar-refractivity contribution >= 4 is 39.3 Å². The number of benzene rings is 2. The number of halogens is 1. The highest BCUT2D eigenvalue weighted by molar-refractivity contribution is 9.10. The summed E-state index contributed by atoms with van der Waals surface area (Å²) < 4.78 is 6.83. The second kappa shape index (κ2) is 8.07. The monoisotopic (exact) mass is 484 g/mol. The summed E-state index contributed by atoms with van der Waals surface area (Å²) in [7, 11) is 1.16. The number of esters is 1. The average Bonchev–Trinajstić information content (AvgIpc) is 3.25. The number of hydrogen-bond donors (Lipinski definition) is 1. The van der Waals surface area contributed by atoms with Crippen LogP contribution in [-0.4, -0.2) is 44.0 Å². The van der Waals surface area contributed by atoms with Gasteiger partial charge < -0.3 is 10.1 Å². The summed E-state index contributed by atoms with van der Waals surface area (Å²) in [4.78, 5) is 37.3. The summed E-state index contributed by atoms with van der Waals surface area (Å²) >= 11 is 3.31. The number of tetrazole rings is 1. The Balaban J connectivity index is 2.00. The standard InChI is InChI=1S/C19H13BrN6O5/c1-31-18(28)15-14(17(27)10-6-8-11(20)9-7-10)16(25-19(21-15)22-23-24-25)12-4-2-3-5-13(12)26(29)30/h2-9,16H,1H3,(H,21,22,24)/t16-/m1/s1. The van der Waals surface area contributed by atoms with Crippen LogP contribution in [0.25, 0.3) is 0 Å². The fourth-order valence-corrected chi connectivity index (χ4v) is 3.58. The number of nitrogens with one attached hydrogen (secondary N) is 1. The molecule has 0 amide bonds. The van der Waals surface area contributed by atoms with E-state index in [-0.39, 0.29) is 34.0 Å². The van der Waals surface area contributed by atoms with E-state index in [2.05, 4.69) is 36.8 Å².